The van der Waals surface area contributed by atoms with Crippen molar-refractivity contribution in [1.82, 2.24) is 9.29 Å². The number of aryl methyl sites for hydroxylation is 2. The van der Waals surface area contributed by atoms with Crippen LogP contribution in [0.5, 0.6) is 5.75 Å². The van der Waals surface area contributed by atoms with E-state index in [9.17, 15) is 18.6 Å². The summed E-state index contributed by atoms with van der Waals surface area (Å²) in [6.07, 6.45) is 8.41. The van der Waals surface area contributed by atoms with Gasteiger partial charge in [0, 0.05) is 44.0 Å². The minimum Gasteiger partial charge on any atom is -0.491 e. The van der Waals surface area contributed by atoms with Gasteiger partial charge in [0.15, 0.2) is 0 Å². The Balaban J connectivity index is 1.62. The van der Waals surface area contributed by atoms with E-state index >= 15 is 0 Å². The van der Waals surface area contributed by atoms with Crippen LogP contribution in [0.15, 0.2) is 65.2 Å². The second-order valence-corrected chi connectivity index (χ2v) is 16.4. The molecule has 0 saturated heterocycles. The van der Waals surface area contributed by atoms with E-state index < -0.39 is 27.7 Å². The van der Waals surface area contributed by atoms with Crippen molar-refractivity contribution in [2.75, 3.05) is 38.0 Å². The smallest absolute Gasteiger partial charge is 0.354 e. The van der Waals surface area contributed by atoms with E-state index in [1.54, 1.807) is 32.4 Å². The molecule has 2 aliphatic heterocycles. The van der Waals surface area contributed by atoms with Crippen molar-refractivity contribution in [3.63, 3.8) is 0 Å². The first-order valence-electron chi connectivity index (χ1n) is 17.6. The maximum absolute atomic E-state index is 14.6. The Morgan fingerprint density at radius 2 is 1.85 bits per heavy atom. The van der Waals surface area contributed by atoms with Gasteiger partial charge in [-0.2, -0.15) is 0 Å². The molecule has 13 heteroatoms. The van der Waals surface area contributed by atoms with E-state index in [0.29, 0.717) is 42.6 Å². The number of aromatic nitrogens is 1. The number of carbonyl (C=O) groups excluding carboxylic acids is 3. The summed E-state index contributed by atoms with van der Waals surface area (Å²) in [4.78, 5) is 42.0. The fourth-order valence-corrected chi connectivity index (χ4v) is 8.83. The standard InChI is InChI=1S/C39H49ClN4O7S/c1-25-10-9-12-35(49-5)27(3)26(2)21-44-23-30-13-15-32(40)18-28(30)11-7-8-17-51-36-16-14-29(19-33(36)44)37(45)41-52(48,24-25)42-38(46)31-20-34(39(47)50-6)43(4)22-31/h9,12-16,18-20,22,25-27,35H,7-8,10-11,17,21,23-24H2,1-6H3,(H,41,42,45,46,48)/b12-9+/t25-,26-,27+,35-,52?/m0/s1. The molecule has 1 N–H and O–H groups in total. The Hall–Kier alpha value is -4.13. The van der Waals surface area contributed by atoms with Crippen LogP contribution in [0.3, 0.4) is 0 Å². The highest BCUT2D eigenvalue weighted by Gasteiger charge is 2.28. The van der Waals surface area contributed by atoms with Crippen molar-refractivity contribution in [3.05, 3.63) is 93.8 Å². The van der Waals surface area contributed by atoms with Gasteiger partial charge >= 0.3 is 5.97 Å². The molecule has 5 rings (SSSR count). The van der Waals surface area contributed by atoms with E-state index in [1.165, 1.54) is 29.5 Å². The van der Waals surface area contributed by atoms with Crippen LogP contribution < -0.4 is 14.4 Å². The van der Waals surface area contributed by atoms with Crippen molar-refractivity contribution in [1.29, 1.82) is 0 Å². The number of amides is 2. The molecule has 0 saturated carbocycles. The highest BCUT2D eigenvalue weighted by Crippen LogP contribution is 2.35. The van der Waals surface area contributed by atoms with Crippen LogP contribution in [0.1, 0.15) is 82.4 Å². The first-order valence-corrected chi connectivity index (χ1v) is 19.7. The number of hydrogen-bond donors (Lipinski definition) is 1. The average Bonchev–Trinajstić information content (AvgIpc) is 3.49. The summed E-state index contributed by atoms with van der Waals surface area (Å²) in [7, 11) is 0.882. The molecule has 3 aromatic rings. The lowest BCUT2D eigenvalue weighted by Gasteiger charge is -2.34. The predicted molar refractivity (Wildman–Crippen MR) is 203 cm³/mol. The molecule has 1 aromatic heterocycles. The van der Waals surface area contributed by atoms with Crippen LogP contribution in [0.2, 0.25) is 5.02 Å². The fourth-order valence-electron chi connectivity index (χ4n) is 6.75. The van der Waals surface area contributed by atoms with E-state index in [1.807, 2.05) is 31.2 Å². The molecule has 2 aromatic carbocycles. The van der Waals surface area contributed by atoms with Crippen molar-refractivity contribution >= 4 is 45.0 Å². The maximum Gasteiger partial charge on any atom is 0.354 e. The predicted octanol–water partition coefficient (Wildman–Crippen LogP) is 7.02. The zero-order chi connectivity index (χ0) is 37.6. The lowest BCUT2D eigenvalue weighted by molar-refractivity contribution is 0.0589. The zero-order valence-corrected chi connectivity index (χ0v) is 32.3. The molecule has 5 atom stereocenters. The van der Waals surface area contributed by atoms with Gasteiger partial charge < -0.3 is 23.7 Å². The number of ether oxygens (including phenoxy) is 3. The third-order valence-corrected chi connectivity index (χ3v) is 12.1. The SMILES string of the molecule is COC(=O)c1cc(C(=O)NS2(=O)=NC(=O)c3ccc4c(c3)N(Cc3ccc(Cl)cc3CCCCO4)C[C@H](C)[C@@H](C)[C@@H](OC)/C=C/C[C@H](C)C2)cn1C. The van der Waals surface area contributed by atoms with Crippen LogP contribution in [0.4, 0.5) is 5.69 Å². The van der Waals surface area contributed by atoms with Gasteiger partial charge in [-0.3, -0.25) is 14.3 Å². The van der Waals surface area contributed by atoms with E-state index in [-0.39, 0.29) is 46.4 Å². The highest BCUT2D eigenvalue weighted by molar-refractivity contribution is 7.92. The minimum atomic E-state index is -3.66. The second-order valence-electron chi connectivity index (χ2n) is 13.9. The maximum atomic E-state index is 14.6. The van der Waals surface area contributed by atoms with Crippen molar-refractivity contribution in [2.45, 2.75) is 59.1 Å². The highest BCUT2D eigenvalue weighted by atomic mass is 35.5. The van der Waals surface area contributed by atoms with E-state index in [2.05, 4.69) is 33.9 Å². The monoisotopic (exact) mass is 752 g/mol. The van der Waals surface area contributed by atoms with E-state index in [0.717, 1.165) is 24.8 Å². The largest absolute Gasteiger partial charge is 0.491 e. The van der Waals surface area contributed by atoms with Gasteiger partial charge in [-0.25, -0.2) is 9.00 Å². The average molecular weight is 753 g/mol. The molecule has 2 amide bonds. The van der Waals surface area contributed by atoms with Crippen LogP contribution in [0.25, 0.3) is 0 Å². The van der Waals surface area contributed by atoms with Gasteiger partial charge in [0.1, 0.15) is 21.4 Å². The number of fused-ring (bicyclic) bond motifs is 2. The Morgan fingerprint density at radius 1 is 1.06 bits per heavy atom. The molecular weight excluding hydrogens is 704 g/mol. The Labute approximate surface area is 312 Å². The molecule has 11 nitrogen and oxygen atoms in total. The van der Waals surface area contributed by atoms with Gasteiger partial charge in [0.25, 0.3) is 11.8 Å². The van der Waals surface area contributed by atoms with Gasteiger partial charge in [-0.05, 0) is 91.0 Å². The summed E-state index contributed by atoms with van der Waals surface area (Å²) in [5, 5.41) is 0.686. The third kappa shape index (κ3) is 9.45. The summed E-state index contributed by atoms with van der Waals surface area (Å²) in [5.41, 5.74) is 3.45. The number of carbonyl (C=O) groups is 3. The molecule has 1 unspecified atom stereocenters. The van der Waals surface area contributed by atoms with Gasteiger partial charge in [-0.15, -0.1) is 4.36 Å². The zero-order valence-electron chi connectivity index (χ0n) is 30.7. The molecule has 0 spiro atoms. The van der Waals surface area contributed by atoms with Crippen LogP contribution >= 0.6 is 11.6 Å². The molecule has 3 heterocycles. The molecular formula is C39H49ClN4O7S. The molecule has 2 aliphatic rings. The third-order valence-electron chi connectivity index (χ3n) is 9.89. The number of nitrogens with zero attached hydrogens (tertiary/aromatic N) is 3. The molecule has 52 heavy (non-hydrogen) atoms. The van der Waals surface area contributed by atoms with Crippen LogP contribution in [0, 0.1) is 17.8 Å². The quantitative estimate of drug-likeness (QED) is 0.223. The van der Waals surface area contributed by atoms with Gasteiger partial charge in [0.05, 0.1) is 36.8 Å². The summed E-state index contributed by atoms with van der Waals surface area (Å²) in [6, 6.07) is 12.5. The number of methoxy groups -OCH3 is 2. The van der Waals surface area contributed by atoms with Crippen molar-refractivity contribution < 1.29 is 32.8 Å². The summed E-state index contributed by atoms with van der Waals surface area (Å²) in [6.45, 7) is 7.92. The Kier molecular flexibility index (Phi) is 12.9. The molecule has 0 radical (unpaired) electrons. The van der Waals surface area contributed by atoms with Gasteiger partial charge in [-0.1, -0.05) is 50.6 Å². The molecule has 0 fully saturated rings. The number of hydrogen-bond acceptors (Lipinski definition) is 8. The Bertz CT molecular complexity index is 1950. The second kappa shape index (κ2) is 17.1. The number of nitrogens with one attached hydrogen (secondary N) is 1. The number of benzene rings is 2. The number of rotatable bonds is 4. The first kappa shape index (κ1) is 39.1. The first-order chi connectivity index (χ1) is 24.8. The number of halogens is 1. The Morgan fingerprint density at radius 3 is 2.60 bits per heavy atom. The minimum absolute atomic E-state index is 0.0809. The molecule has 280 valence electrons. The summed E-state index contributed by atoms with van der Waals surface area (Å²) >= 11 is 6.45. The fraction of sp³-hybridized carbons (Fsp3) is 0.462. The summed E-state index contributed by atoms with van der Waals surface area (Å²) < 4.78 is 39.9. The lowest BCUT2D eigenvalue weighted by atomic mass is 9.89. The lowest BCUT2D eigenvalue weighted by Crippen LogP contribution is -2.36. The topological polar surface area (TPSA) is 129 Å². The van der Waals surface area contributed by atoms with Gasteiger partial charge in [0.2, 0.25) is 0 Å². The van der Waals surface area contributed by atoms with E-state index in [4.69, 9.17) is 25.8 Å². The summed E-state index contributed by atoms with van der Waals surface area (Å²) in [5.74, 6) is -1.50. The normalized spacial score (nSPS) is 25.1. The number of anilines is 1. The number of allylic oxidation sites excluding steroid dienone is 1. The number of esters is 1. The molecule has 0 aliphatic carbocycles. The van der Waals surface area contributed by atoms with Crippen molar-refractivity contribution in [2.24, 2.45) is 29.2 Å². The molecule has 2 bridgehead atoms. The van der Waals surface area contributed by atoms with Crippen LogP contribution in [-0.2, 0) is 39.4 Å². The van der Waals surface area contributed by atoms with Crippen LogP contribution in [-0.4, -0.2) is 65.8 Å². The van der Waals surface area contributed by atoms with Crippen molar-refractivity contribution in [3.8, 4) is 5.75 Å².